The number of hydrogen-bond donors (Lipinski definition) is 2. The van der Waals surface area contributed by atoms with Crippen molar-refractivity contribution >= 4 is 5.97 Å². The number of hydrogen-bond acceptors (Lipinski definition) is 3. The first-order valence-electron chi connectivity index (χ1n) is 5.80. The topological polar surface area (TPSA) is 66.6 Å². The lowest BCUT2D eigenvalue weighted by Gasteiger charge is -2.41. The van der Waals surface area contributed by atoms with Crippen molar-refractivity contribution in [2.75, 3.05) is 7.05 Å². The van der Waals surface area contributed by atoms with Crippen molar-refractivity contribution < 1.29 is 9.90 Å². The molecule has 0 aliphatic carbocycles. The van der Waals surface area contributed by atoms with Gasteiger partial charge < -0.3 is 10.8 Å². The molecule has 0 aromatic carbocycles. The average Bonchev–Trinajstić information content (AvgIpc) is 2.15. The molecule has 0 bridgehead atoms. The molecule has 0 aliphatic rings. The minimum Gasteiger partial charge on any atom is -0.480 e. The van der Waals surface area contributed by atoms with Crippen LogP contribution in [0.5, 0.6) is 0 Å². The number of nitrogens with zero attached hydrogens (tertiary/aromatic N) is 1. The molecule has 2 atom stereocenters. The first-order valence-corrected chi connectivity index (χ1v) is 5.80. The third-order valence-corrected chi connectivity index (χ3v) is 3.69. The largest absolute Gasteiger partial charge is 0.480 e. The van der Waals surface area contributed by atoms with Crippen molar-refractivity contribution in [3.8, 4) is 0 Å². The Morgan fingerprint density at radius 3 is 2.19 bits per heavy atom. The number of carbonyl (C=O) groups is 1. The Bertz CT molecular complexity index is 249. The van der Waals surface area contributed by atoms with Gasteiger partial charge in [0.25, 0.3) is 0 Å². The zero-order chi connectivity index (χ0) is 13.1. The Balaban J connectivity index is 4.59. The van der Waals surface area contributed by atoms with Crippen LogP contribution in [0.15, 0.2) is 0 Å². The molecule has 4 nitrogen and oxygen atoms in total. The highest BCUT2D eigenvalue weighted by atomic mass is 16.4. The molecule has 4 heteroatoms. The fourth-order valence-corrected chi connectivity index (χ4v) is 1.68. The van der Waals surface area contributed by atoms with E-state index in [2.05, 4.69) is 25.7 Å². The predicted molar refractivity (Wildman–Crippen MR) is 66.4 cm³/mol. The monoisotopic (exact) mass is 230 g/mol. The van der Waals surface area contributed by atoms with E-state index in [1.54, 1.807) is 6.92 Å². The summed E-state index contributed by atoms with van der Waals surface area (Å²) >= 11 is 0. The number of carboxylic acids is 1. The quantitative estimate of drug-likeness (QED) is 0.728. The van der Waals surface area contributed by atoms with Crippen LogP contribution in [-0.2, 0) is 4.79 Å². The molecule has 0 rings (SSSR count). The van der Waals surface area contributed by atoms with Gasteiger partial charge in [0.1, 0.15) is 5.54 Å². The van der Waals surface area contributed by atoms with Crippen molar-refractivity contribution in [1.29, 1.82) is 0 Å². The Morgan fingerprint density at radius 2 is 1.88 bits per heavy atom. The van der Waals surface area contributed by atoms with Crippen molar-refractivity contribution in [2.24, 2.45) is 5.73 Å². The van der Waals surface area contributed by atoms with Crippen LogP contribution in [0.3, 0.4) is 0 Å². The van der Waals surface area contributed by atoms with Crippen LogP contribution >= 0.6 is 0 Å². The smallest absolute Gasteiger partial charge is 0.323 e. The molecule has 96 valence electrons. The summed E-state index contributed by atoms with van der Waals surface area (Å²) in [6, 6.07) is 0.140. The van der Waals surface area contributed by atoms with Gasteiger partial charge in [-0.1, -0.05) is 6.92 Å². The predicted octanol–water partition coefficient (Wildman–Crippen LogP) is 1.69. The van der Waals surface area contributed by atoms with Gasteiger partial charge in [0.2, 0.25) is 0 Å². The highest BCUT2D eigenvalue weighted by molar-refractivity contribution is 5.77. The molecule has 16 heavy (non-hydrogen) atoms. The van der Waals surface area contributed by atoms with Crippen LogP contribution in [-0.4, -0.2) is 40.1 Å². The van der Waals surface area contributed by atoms with Gasteiger partial charge in [0.15, 0.2) is 0 Å². The van der Waals surface area contributed by atoms with E-state index >= 15 is 0 Å². The molecule has 0 saturated heterocycles. The van der Waals surface area contributed by atoms with Crippen LogP contribution in [0.4, 0.5) is 0 Å². The molecular weight excluding hydrogens is 204 g/mol. The SMILES string of the molecule is CCC(C)(C)N(C)C(C)CC(C)(N)C(=O)O. The summed E-state index contributed by atoms with van der Waals surface area (Å²) in [6.07, 6.45) is 1.46. The second kappa shape index (κ2) is 5.15. The summed E-state index contributed by atoms with van der Waals surface area (Å²) in [5.74, 6) is -0.943. The fraction of sp³-hybridized carbons (Fsp3) is 0.917. The second-order valence-corrected chi connectivity index (χ2v) is 5.55. The Kier molecular flexibility index (Phi) is 4.95. The molecule has 3 N–H and O–H groups in total. The van der Waals surface area contributed by atoms with E-state index in [-0.39, 0.29) is 11.6 Å². The lowest BCUT2D eigenvalue weighted by Crippen LogP contribution is -2.53. The number of rotatable bonds is 6. The normalized spacial score (nSPS) is 18.2. The summed E-state index contributed by atoms with van der Waals surface area (Å²) in [4.78, 5) is 13.2. The van der Waals surface area contributed by atoms with E-state index in [9.17, 15) is 4.79 Å². The molecule has 2 unspecified atom stereocenters. The molecule has 0 spiro atoms. The number of aliphatic carboxylic acids is 1. The summed E-state index contributed by atoms with van der Waals surface area (Å²) in [6.45, 7) is 10.0. The zero-order valence-corrected chi connectivity index (χ0v) is 11.4. The van der Waals surface area contributed by atoms with Crippen molar-refractivity contribution in [1.82, 2.24) is 4.90 Å². The first-order chi connectivity index (χ1) is 7.04. The van der Waals surface area contributed by atoms with Gasteiger partial charge in [0.05, 0.1) is 0 Å². The molecule has 0 radical (unpaired) electrons. The van der Waals surface area contributed by atoms with Gasteiger partial charge in [-0.25, -0.2) is 0 Å². The Labute approximate surface area is 98.8 Å². The highest BCUT2D eigenvalue weighted by Crippen LogP contribution is 2.23. The number of carboxylic acid groups (broad SMARTS) is 1. The third-order valence-electron chi connectivity index (χ3n) is 3.69. The van der Waals surface area contributed by atoms with E-state index in [0.29, 0.717) is 6.42 Å². The van der Waals surface area contributed by atoms with Gasteiger partial charge in [-0.05, 0) is 47.6 Å². The van der Waals surface area contributed by atoms with E-state index in [4.69, 9.17) is 10.8 Å². The molecule has 0 heterocycles. The fourth-order valence-electron chi connectivity index (χ4n) is 1.68. The third kappa shape index (κ3) is 3.76. The van der Waals surface area contributed by atoms with Crippen molar-refractivity contribution in [3.63, 3.8) is 0 Å². The Morgan fingerprint density at radius 1 is 1.44 bits per heavy atom. The molecular formula is C12H26N2O2. The molecule has 0 aromatic heterocycles. The minimum atomic E-state index is -1.16. The summed E-state index contributed by atoms with van der Waals surface area (Å²) in [7, 11) is 2.02. The highest BCUT2D eigenvalue weighted by Gasteiger charge is 2.34. The van der Waals surface area contributed by atoms with Crippen LogP contribution in [0.2, 0.25) is 0 Å². The van der Waals surface area contributed by atoms with E-state index < -0.39 is 11.5 Å². The molecule has 0 saturated carbocycles. The van der Waals surface area contributed by atoms with Gasteiger partial charge in [-0.3, -0.25) is 9.69 Å². The van der Waals surface area contributed by atoms with Gasteiger partial charge >= 0.3 is 5.97 Å². The maximum atomic E-state index is 11.0. The molecule has 0 aliphatic heterocycles. The lowest BCUT2D eigenvalue weighted by molar-refractivity contribution is -0.143. The van der Waals surface area contributed by atoms with Crippen LogP contribution in [0.1, 0.15) is 47.5 Å². The average molecular weight is 230 g/mol. The first kappa shape index (κ1) is 15.4. The Hall–Kier alpha value is -0.610. The molecule has 0 aromatic rings. The van der Waals surface area contributed by atoms with E-state index in [0.717, 1.165) is 6.42 Å². The lowest BCUT2D eigenvalue weighted by atomic mass is 9.91. The zero-order valence-electron chi connectivity index (χ0n) is 11.4. The van der Waals surface area contributed by atoms with Gasteiger partial charge in [-0.2, -0.15) is 0 Å². The van der Waals surface area contributed by atoms with Gasteiger partial charge in [0, 0.05) is 11.6 Å². The minimum absolute atomic E-state index is 0.0635. The van der Waals surface area contributed by atoms with Gasteiger partial charge in [-0.15, -0.1) is 0 Å². The standard InChI is InChI=1S/C12H26N2O2/c1-7-11(3,4)14(6)9(2)8-12(5,13)10(15)16/h9H,7-8,13H2,1-6H3,(H,15,16). The van der Waals surface area contributed by atoms with E-state index in [1.807, 2.05) is 14.0 Å². The molecule has 0 fully saturated rings. The summed E-state index contributed by atoms with van der Waals surface area (Å²) < 4.78 is 0. The van der Waals surface area contributed by atoms with Crippen LogP contribution in [0.25, 0.3) is 0 Å². The van der Waals surface area contributed by atoms with Crippen molar-refractivity contribution in [2.45, 2.75) is 64.6 Å². The maximum absolute atomic E-state index is 11.0. The van der Waals surface area contributed by atoms with Crippen molar-refractivity contribution in [3.05, 3.63) is 0 Å². The molecule has 0 amide bonds. The summed E-state index contributed by atoms with van der Waals surface area (Å²) in [5, 5.41) is 8.99. The van der Waals surface area contributed by atoms with Crippen LogP contribution < -0.4 is 5.73 Å². The second-order valence-electron chi connectivity index (χ2n) is 5.55. The number of nitrogens with two attached hydrogens (primary N) is 1. The summed E-state index contributed by atoms with van der Waals surface area (Å²) in [5.41, 5.74) is 4.67. The van der Waals surface area contributed by atoms with Crippen LogP contribution in [0, 0.1) is 0 Å². The maximum Gasteiger partial charge on any atom is 0.323 e. The van der Waals surface area contributed by atoms with E-state index in [1.165, 1.54) is 0 Å².